The second kappa shape index (κ2) is 15.8. The molecule has 0 fully saturated rings. The summed E-state index contributed by atoms with van der Waals surface area (Å²) in [7, 11) is 0. The zero-order valence-corrected chi connectivity index (χ0v) is 14.7. The summed E-state index contributed by atoms with van der Waals surface area (Å²) in [4.78, 5) is 0. The number of unbranched alkanes of at least 4 members (excludes halogenated alkanes) is 11. The van der Waals surface area contributed by atoms with E-state index in [0.29, 0.717) is 0 Å². The highest BCUT2D eigenvalue weighted by Gasteiger charge is 1.97. The van der Waals surface area contributed by atoms with Crippen molar-refractivity contribution in [2.24, 2.45) is 0 Å². The highest BCUT2D eigenvalue weighted by molar-refractivity contribution is 4.83. The van der Waals surface area contributed by atoms with Crippen molar-refractivity contribution in [2.75, 3.05) is 0 Å². The lowest BCUT2D eigenvalue weighted by Gasteiger charge is -2.02. The maximum atomic E-state index is 2.29. The van der Waals surface area contributed by atoms with Gasteiger partial charge in [0.15, 0.2) is 12.4 Å². The van der Waals surface area contributed by atoms with Crippen LogP contribution in [0.3, 0.4) is 0 Å². The van der Waals surface area contributed by atoms with Gasteiger partial charge >= 0.3 is 0 Å². The molecule has 0 radical (unpaired) electrons. The van der Waals surface area contributed by atoms with Crippen LogP contribution in [-0.2, 0) is 6.54 Å². The minimum atomic E-state index is 0. The Labute approximate surface area is 138 Å². The molecule has 0 aromatic carbocycles. The van der Waals surface area contributed by atoms with E-state index in [2.05, 4.69) is 42.1 Å². The maximum absolute atomic E-state index is 2.29. The Balaban J connectivity index is 0.00000400. The summed E-state index contributed by atoms with van der Waals surface area (Å²) >= 11 is 0. The molecule has 1 heterocycles. The average molecular weight is 312 g/mol. The SMILES string of the molecule is CCCCCCCCCCCCCC[n+]1ccccc1.[Cl-]. The third-order valence-corrected chi connectivity index (χ3v) is 4.05. The summed E-state index contributed by atoms with van der Waals surface area (Å²) in [6.07, 6.45) is 21.4. The van der Waals surface area contributed by atoms with Crippen LogP contribution in [0.2, 0.25) is 0 Å². The van der Waals surface area contributed by atoms with Gasteiger partial charge in [0.25, 0.3) is 0 Å². The number of pyridine rings is 1. The van der Waals surface area contributed by atoms with E-state index in [1.807, 2.05) is 0 Å². The fourth-order valence-electron chi connectivity index (χ4n) is 2.72. The summed E-state index contributed by atoms with van der Waals surface area (Å²) in [5.74, 6) is 0. The molecule has 1 aromatic heterocycles. The molecule has 0 unspecified atom stereocenters. The molecule has 0 aliphatic carbocycles. The van der Waals surface area contributed by atoms with Gasteiger partial charge < -0.3 is 12.4 Å². The van der Waals surface area contributed by atoms with Gasteiger partial charge in [-0.3, -0.25) is 0 Å². The molecule has 1 rings (SSSR count). The minimum absolute atomic E-state index is 0. The number of hydrogen-bond acceptors (Lipinski definition) is 0. The molecule has 2 heteroatoms. The van der Waals surface area contributed by atoms with Crippen molar-refractivity contribution < 1.29 is 17.0 Å². The van der Waals surface area contributed by atoms with Crippen molar-refractivity contribution >= 4 is 0 Å². The smallest absolute Gasteiger partial charge is 0.168 e. The molecule has 21 heavy (non-hydrogen) atoms. The van der Waals surface area contributed by atoms with Crippen LogP contribution in [0.4, 0.5) is 0 Å². The quantitative estimate of drug-likeness (QED) is 0.389. The third kappa shape index (κ3) is 12.9. The number of halogens is 1. The van der Waals surface area contributed by atoms with Crippen LogP contribution in [-0.4, -0.2) is 0 Å². The highest BCUT2D eigenvalue weighted by atomic mass is 35.5. The lowest BCUT2D eigenvalue weighted by Crippen LogP contribution is -3.00. The topological polar surface area (TPSA) is 3.88 Å². The van der Waals surface area contributed by atoms with Gasteiger partial charge in [-0.25, -0.2) is 4.57 Å². The molecule has 0 amide bonds. The standard InChI is InChI=1S/C19H34N.ClH/c1-2-3-4-5-6-7-8-9-10-11-12-14-17-20-18-15-13-16-19-20;/h13,15-16,18-19H,2-12,14,17H2,1H3;1H/q+1;/p-1. The summed E-state index contributed by atoms with van der Waals surface area (Å²) in [5.41, 5.74) is 0. The lowest BCUT2D eigenvalue weighted by molar-refractivity contribution is -0.697. The van der Waals surface area contributed by atoms with E-state index in [-0.39, 0.29) is 12.4 Å². The molecular weight excluding hydrogens is 278 g/mol. The first-order valence-corrected chi connectivity index (χ1v) is 8.87. The molecule has 122 valence electrons. The van der Waals surface area contributed by atoms with Crippen LogP contribution >= 0.6 is 0 Å². The van der Waals surface area contributed by atoms with Gasteiger partial charge in [-0.1, -0.05) is 77.2 Å². The predicted molar refractivity (Wildman–Crippen MR) is 87.7 cm³/mol. The van der Waals surface area contributed by atoms with Crippen molar-refractivity contribution in [2.45, 2.75) is 90.5 Å². The second-order valence-electron chi connectivity index (χ2n) is 6.00. The van der Waals surface area contributed by atoms with Crippen LogP contribution in [0.1, 0.15) is 84.0 Å². The van der Waals surface area contributed by atoms with Crippen LogP contribution in [0.25, 0.3) is 0 Å². The van der Waals surface area contributed by atoms with Gasteiger partial charge in [-0.15, -0.1) is 0 Å². The van der Waals surface area contributed by atoms with Crippen LogP contribution < -0.4 is 17.0 Å². The van der Waals surface area contributed by atoms with Crippen molar-refractivity contribution in [3.63, 3.8) is 0 Å². The van der Waals surface area contributed by atoms with E-state index >= 15 is 0 Å². The maximum Gasteiger partial charge on any atom is 0.168 e. The first kappa shape index (κ1) is 20.4. The van der Waals surface area contributed by atoms with Gasteiger partial charge in [0.1, 0.15) is 6.54 Å². The van der Waals surface area contributed by atoms with Gasteiger partial charge in [0.05, 0.1) is 0 Å². The Bertz CT molecular complexity index is 300. The van der Waals surface area contributed by atoms with Gasteiger partial charge in [-0.05, 0) is 6.42 Å². The Morgan fingerprint density at radius 1 is 0.571 bits per heavy atom. The molecular formula is C19H34ClN. The Kier molecular flexibility index (Phi) is 15.4. The molecule has 0 saturated heterocycles. The van der Waals surface area contributed by atoms with Crippen LogP contribution in [0.15, 0.2) is 30.6 Å². The van der Waals surface area contributed by atoms with E-state index in [0.717, 1.165) is 0 Å². The minimum Gasteiger partial charge on any atom is -1.00 e. The number of hydrogen-bond donors (Lipinski definition) is 0. The number of nitrogens with zero attached hydrogens (tertiary/aromatic N) is 1. The molecule has 0 aliphatic heterocycles. The molecule has 0 atom stereocenters. The Morgan fingerprint density at radius 2 is 1.00 bits per heavy atom. The molecule has 0 N–H and O–H groups in total. The number of aryl methyl sites for hydroxylation is 1. The van der Waals surface area contributed by atoms with Crippen molar-refractivity contribution in [3.05, 3.63) is 30.6 Å². The highest BCUT2D eigenvalue weighted by Crippen LogP contribution is 2.11. The first-order chi connectivity index (χ1) is 9.93. The van der Waals surface area contributed by atoms with E-state index < -0.39 is 0 Å². The van der Waals surface area contributed by atoms with E-state index in [1.165, 1.54) is 83.6 Å². The molecule has 0 saturated carbocycles. The number of rotatable bonds is 13. The largest absolute Gasteiger partial charge is 1.00 e. The predicted octanol–water partition coefficient (Wildman–Crippen LogP) is 2.68. The lowest BCUT2D eigenvalue weighted by atomic mass is 10.1. The molecule has 0 bridgehead atoms. The first-order valence-electron chi connectivity index (χ1n) is 8.87. The van der Waals surface area contributed by atoms with E-state index in [4.69, 9.17) is 0 Å². The fourth-order valence-corrected chi connectivity index (χ4v) is 2.72. The summed E-state index contributed by atoms with van der Waals surface area (Å²) in [5, 5.41) is 0. The Hall–Kier alpha value is -0.560. The van der Waals surface area contributed by atoms with E-state index in [9.17, 15) is 0 Å². The normalized spacial score (nSPS) is 10.3. The molecule has 0 aliphatic rings. The average Bonchev–Trinajstić information content (AvgIpc) is 2.49. The summed E-state index contributed by atoms with van der Waals surface area (Å²) in [6, 6.07) is 6.31. The summed E-state index contributed by atoms with van der Waals surface area (Å²) < 4.78 is 2.29. The zero-order valence-electron chi connectivity index (χ0n) is 13.9. The van der Waals surface area contributed by atoms with Gasteiger partial charge in [0.2, 0.25) is 0 Å². The van der Waals surface area contributed by atoms with E-state index in [1.54, 1.807) is 0 Å². The number of aromatic nitrogens is 1. The zero-order chi connectivity index (χ0) is 14.3. The summed E-state index contributed by atoms with van der Waals surface area (Å²) in [6.45, 7) is 3.47. The molecule has 0 spiro atoms. The Morgan fingerprint density at radius 3 is 1.48 bits per heavy atom. The van der Waals surface area contributed by atoms with Gasteiger partial charge in [0, 0.05) is 18.6 Å². The van der Waals surface area contributed by atoms with Crippen molar-refractivity contribution in [3.8, 4) is 0 Å². The molecule has 1 nitrogen and oxygen atoms in total. The van der Waals surface area contributed by atoms with Crippen molar-refractivity contribution in [1.82, 2.24) is 0 Å². The second-order valence-corrected chi connectivity index (χ2v) is 6.00. The fraction of sp³-hybridized carbons (Fsp3) is 0.737. The van der Waals surface area contributed by atoms with Crippen LogP contribution in [0.5, 0.6) is 0 Å². The van der Waals surface area contributed by atoms with Crippen molar-refractivity contribution in [1.29, 1.82) is 0 Å². The van der Waals surface area contributed by atoms with Crippen LogP contribution in [0, 0.1) is 0 Å². The third-order valence-electron chi connectivity index (χ3n) is 4.05. The molecule has 1 aromatic rings. The monoisotopic (exact) mass is 311 g/mol. The van der Waals surface area contributed by atoms with Gasteiger partial charge in [-0.2, -0.15) is 0 Å².